The van der Waals surface area contributed by atoms with E-state index >= 15 is 0 Å². The number of rotatable bonds is 5. The quantitative estimate of drug-likeness (QED) is 0.861. The van der Waals surface area contributed by atoms with Gasteiger partial charge >= 0.3 is 0 Å². The highest BCUT2D eigenvalue weighted by Gasteiger charge is 2.08. The van der Waals surface area contributed by atoms with Gasteiger partial charge in [-0.1, -0.05) is 41.1 Å². The van der Waals surface area contributed by atoms with Crippen molar-refractivity contribution in [2.75, 3.05) is 0 Å². The molecule has 20 heavy (non-hydrogen) atoms. The molecule has 2 nitrogen and oxygen atoms in total. The molecular formula is C17H20BrNO. The maximum absolute atomic E-state index is 6.01. The number of halogens is 1. The van der Waals surface area contributed by atoms with Crippen molar-refractivity contribution in [3.63, 3.8) is 0 Å². The Kier molecular flexibility index (Phi) is 5.21. The third-order valence-electron chi connectivity index (χ3n) is 3.13. The molecule has 2 aromatic rings. The smallest absolute Gasteiger partial charge is 0.131 e. The van der Waals surface area contributed by atoms with E-state index in [1.807, 2.05) is 31.2 Å². The van der Waals surface area contributed by atoms with Gasteiger partial charge in [0.2, 0.25) is 0 Å². The fourth-order valence-corrected chi connectivity index (χ4v) is 2.40. The molecule has 0 radical (unpaired) electrons. The predicted octanol–water partition coefficient (Wildman–Crippen LogP) is 4.69. The van der Waals surface area contributed by atoms with Gasteiger partial charge in [-0.2, -0.15) is 0 Å². The minimum atomic E-state index is 0.112. The number of aryl methyl sites for hydroxylation is 1. The second-order valence-corrected chi connectivity index (χ2v) is 5.95. The molecule has 0 fully saturated rings. The summed E-state index contributed by atoms with van der Waals surface area (Å²) in [6, 6.07) is 14.4. The van der Waals surface area contributed by atoms with Crippen LogP contribution >= 0.6 is 15.9 Å². The van der Waals surface area contributed by atoms with E-state index in [9.17, 15) is 0 Å². The van der Waals surface area contributed by atoms with Crippen LogP contribution in [0.1, 0.15) is 25.0 Å². The number of hydrogen-bond acceptors (Lipinski definition) is 2. The second-order valence-electron chi connectivity index (χ2n) is 5.03. The van der Waals surface area contributed by atoms with E-state index in [1.54, 1.807) is 0 Å². The highest BCUT2D eigenvalue weighted by Crippen LogP contribution is 2.29. The number of hydrogen-bond donors (Lipinski definition) is 1. The highest BCUT2D eigenvalue weighted by atomic mass is 79.9. The summed E-state index contributed by atoms with van der Waals surface area (Å²) < 4.78 is 7.01. The van der Waals surface area contributed by atoms with Crippen LogP contribution in [0, 0.1) is 0 Å². The Morgan fingerprint density at radius 3 is 2.45 bits per heavy atom. The van der Waals surface area contributed by atoms with Gasteiger partial charge in [0.25, 0.3) is 0 Å². The zero-order valence-corrected chi connectivity index (χ0v) is 13.5. The number of benzene rings is 2. The van der Waals surface area contributed by atoms with E-state index in [1.165, 1.54) is 5.56 Å². The molecule has 1 unspecified atom stereocenters. The SMILES string of the molecule is CCc1ccc(Oc2cc(Br)ccc2CC(C)N)cc1. The molecule has 0 heterocycles. The van der Waals surface area contributed by atoms with E-state index in [4.69, 9.17) is 10.5 Å². The Balaban J connectivity index is 2.24. The maximum atomic E-state index is 6.01. The molecule has 0 aliphatic heterocycles. The van der Waals surface area contributed by atoms with Crippen LogP contribution in [-0.2, 0) is 12.8 Å². The average molecular weight is 334 g/mol. The fourth-order valence-electron chi connectivity index (χ4n) is 2.06. The van der Waals surface area contributed by atoms with Gasteiger partial charge in [-0.25, -0.2) is 0 Å². The molecule has 1 atom stereocenters. The zero-order chi connectivity index (χ0) is 14.5. The molecule has 106 valence electrons. The predicted molar refractivity (Wildman–Crippen MR) is 87.4 cm³/mol. The van der Waals surface area contributed by atoms with E-state index in [0.29, 0.717) is 0 Å². The average Bonchev–Trinajstić information content (AvgIpc) is 2.42. The van der Waals surface area contributed by atoms with Gasteiger partial charge in [-0.15, -0.1) is 0 Å². The maximum Gasteiger partial charge on any atom is 0.131 e. The summed E-state index contributed by atoms with van der Waals surface area (Å²) in [5, 5.41) is 0. The van der Waals surface area contributed by atoms with Crippen LogP contribution in [0.25, 0.3) is 0 Å². The van der Waals surface area contributed by atoms with Crippen molar-refractivity contribution >= 4 is 15.9 Å². The van der Waals surface area contributed by atoms with Crippen LogP contribution in [0.2, 0.25) is 0 Å². The molecule has 2 N–H and O–H groups in total. The van der Waals surface area contributed by atoms with Crippen LogP contribution < -0.4 is 10.5 Å². The van der Waals surface area contributed by atoms with Crippen molar-refractivity contribution in [1.82, 2.24) is 0 Å². The second kappa shape index (κ2) is 6.91. The lowest BCUT2D eigenvalue weighted by atomic mass is 10.1. The van der Waals surface area contributed by atoms with Gasteiger partial charge in [0.05, 0.1) is 0 Å². The van der Waals surface area contributed by atoms with Gasteiger partial charge in [-0.05, 0) is 55.2 Å². The first-order valence-electron chi connectivity index (χ1n) is 6.89. The highest BCUT2D eigenvalue weighted by molar-refractivity contribution is 9.10. The van der Waals surface area contributed by atoms with Crippen LogP contribution in [0.4, 0.5) is 0 Å². The van der Waals surface area contributed by atoms with Gasteiger partial charge in [0.15, 0.2) is 0 Å². The lowest BCUT2D eigenvalue weighted by molar-refractivity contribution is 0.473. The molecule has 3 heteroatoms. The van der Waals surface area contributed by atoms with Crippen molar-refractivity contribution in [2.24, 2.45) is 5.73 Å². The van der Waals surface area contributed by atoms with E-state index < -0.39 is 0 Å². The minimum Gasteiger partial charge on any atom is -0.457 e. The summed E-state index contributed by atoms with van der Waals surface area (Å²) >= 11 is 3.49. The first-order valence-corrected chi connectivity index (χ1v) is 7.68. The third kappa shape index (κ3) is 4.09. The largest absolute Gasteiger partial charge is 0.457 e. The molecule has 0 aromatic heterocycles. The topological polar surface area (TPSA) is 35.2 Å². The van der Waals surface area contributed by atoms with Gasteiger partial charge < -0.3 is 10.5 Å². The summed E-state index contributed by atoms with van der Waals surface area (Å²) in [6.07, 6.45) is 1.84. The summed E-state index contributed by atoms with van der Waals surface area (Å²) in [4.78, 5) is 0. The molecule has 2 rings (SSSR count). The van der Waals surface area contributed by atoms with Crippen molar-refractivity contribution in [2.45, 2.75) is 32.7 Å². The summed E-state index contributed by atoms with van der Waals surface area (Å²) in [5.74, 6) is 1.71. The zero-order valence-electron chi connectivity index (χ0n) is 11.9. The lowest BCUT2D eigenvalue weighted by Crippen LogP contribution is -2.18. The van der Waals surface area contributed by atoms with Crippen molar-refractivity contribution in [3.8, 4) is 11.5 Å². The first-order chi connectivity index (χ1) is 9.58. The van der Waals surface area contributed by atoms with Gasteiger partial charge in [0.1, 0.15) is 11.5 Å². The van der Waals surface area contributed by atoms with Gasteiger partial charge in [-0.3, -0.25) is 0 Å². The molecule has 0 bridgehead atoms. The summed E-state index contributed by atoms with van der Waals surface area (Å²) in [6.45, 7) is 4.15. The van der Waals surface area contributed by atoms with Crippen molar-refractivity contribution < 1.29 is 4.74 Å². The molecule has 0 spiro atoms. The molecular weight excluding hydrogens is 314 g/mol. The first kappa shape index (κ1) is 15.1. The molecule has 0 aliphatic carbocycles. The van der Waals surface area contributed by atoms with Crippen molar-refractivity contribution in [3.05, 3.63) is 58.1 Å². The van der Waals surface area contributed by atoms with E-state index in [-0.39, 0.29) is 6.04 Å². The van der Waals surface area contributed by atoms with Crippen molar-refractivity contribution in [1.29, 1.82) is 0 Å². The fraction of sp³-hybridized carbons (Fsp3) is 0.294. The molecule has 0 aliphatic rings. The van der Waals surface area contributed by atoms with Crippen LogP contribution in [-0.4, -0.2) is 6.04 Å². The number of nitrogens with two attached hydrogens (primary N) is 1. The summed E-state index contributed by atoms with van der Waals surface area (Å²) in [5.41, 5.74) is 8.33. The van der Waals surface area contributed by atoms with Gasteiger partial charge in [0, 0.05) is 10.5 Å². The van der Waals surface area contributed by atoms with E-state index in [0.717, 1.165) is 34.4 Å². The monoisotopic (exact) mass is 333 g/mol. The minimum absolute atomic E-state index is 0.112. The molecule has 0 amide bonds. The molecule has 2 aromatic carbocycles. The summed E-state index contributed by atoms with van der Waals surface area (Å²) in [7, 11) is 0. The third-order valence-corrected chi connectivity index (χ3v) is 3.62. The Bertz CT molecular complexity index is 564. The normalized spacial score (nSPS) is 12.2. The molecule has 0 saturated heterocycles. The van der Waals surface area contributed by atoms with E-state index in [2.05, 4.69) is 41.1 Å². The Labute approximate surface area is 129 Å². The standard InChI is InChI=1S/C17H20BrNO/c1-3-13-4-8-16(9-5-13)20-17-11-15(18)7-6-14(17)10-12(2)19/h4-9,11-12H,3,10,19H2,1-2H3. The molecule has 0 saturated carbocycles. The van der Waals surface area contributed by atoms with Crippen LogP contribution in [0.5, 0.6) is 11.5 Å². The Morgan fingerprint density at radius 1 is 1.15 bits per heavy atom. The lowest BCUT2D eigenvalue weighted by Gasteiger charge is -2.13. The van der Waals surface area contributed by atoms with Crippen LogP contribution in [0.15, 0.2) is 46.9 Å². The Hall–Kier alpha value is -1.32. The van der Waals surface area contributed by atoms with Crippen LogP contribution in [0.3, 0.4) is 0 Å². The Morgan fingerprint density at radius 2 is 1.85 bits per heavy atom. The number of ether oxygens (including phenoxy) is 1.